The molecule has 1 N–H and O–H groups in total. The molecular weight excluding hydrogens is 353 g/mol. The molecule has 1 saturated heterocycles. The number of rotatable bonds is 2. The summed E-state index contributed by atoms with van der Waals surface area (Å²) in [4.78, 5) is 12.0. The number of fused-ring (bicyclic) bond motifs is 1. The lowest BCUT2D eigenvalue weighted by Gasteiger charge is -2.40. The maximum Gasteiger partial charge on any atom is 0.409 e. The third kappa shape index (κ3) is 3.55. The van der Waals surface area contributed by atoms with Crippen LogP contribution < -0.4 is 5.43 Å². The molecule has 0 spiro atoms. The number of benzene rings is 2. The standard InChI is InChI=1S/C21H25F3N2O/c1-19(2,3)15-11-10-13-8-6-7-9-14(13)17(15)18(21(22,23)24)26-20(4,5)12-16(27)25-26/h6-11,18H,12H2,1-5H3,(H,25,27). The number of alkyl halides is 3. The van der Waals surface area contributed by atoms with Crippen molar-refractivity contribution in [3.05, 3.63) is 47.5 Å². The van der Waals surface area contributed by atoms with E-state index in [1.807, 2.05) is 39.0 Å². The van der Waals surface area contributed by atoms with Crippen molar-refractivity contribution in [2.24, 2.45) is 0 Å². The fourth-order valence-electron chi connectivity index (χ4n) is 3.90. The van der Waals surface area contributed by atoms with Gasteiger partial charge in [0.05, 0.1) is 0 Å². The second kappa shape index (κ2) is 6.23. The van der Waals surface area contributed by atoms with E-state index in [0.717, 1.165) is 10.4 Å². The van der Waals surface area contributed by atoms with E-state index in [1.165, 1.54) is 0 Å². The van der Waals surface area contributed by atoms with Crippen molar-refractivity contribution >= 4 is 16.7 Å². The number of hydrogen-bond donors (Lipinski definition) is 1. The maximum atomic E-state index is 14.4. The van der Waals surface area contributed by atoms with Gasteiger partial charge in [0.25, 0.3) is 0 Å². The molecule has 0 bridgehead atoms. The number of hydrogen-bond acceptors (Lipinski definition) is 2. The molecule has 1 atom stereocenters. The number of nitrogens with one attached hydrogen (secondary N) is 1. The van der Waals surface area contributed by atoms with Gasteiger partial charge in [-0.05, 0) is 41.2 Å². The van der Waals surface area contributed by atoms with Gasteiger partial charge in [-0.25, -0.2) is 0 Å². The molecule has 0 saturated carbocycles. The van der Waals surface area contributed by atoms with Gasteiger partial charge in [-0.3, -0.25) is 10.2 Å². The summed E-state index contributed by atoms with van der Waals surface area (Å²) in [6.45, 7) is 9.03. The Bertz CT molecular complexity index is 881. The van der Waals surface area contributed by atoms with Crippen LogP contribution in [0.5, 0.6) is 0 Å². The number of carbonyl (C=O) groups excluding carboxylic acids is 1. The van der Waals surface area contributed by atoms with E-state index in [0.29, 0.717) is 10.9 Å². The molecule has 0 radical (unpaired) electrons. The lowest BCUT2D eigenvalue weighted by atomic mass is 9.79. The van der Waals surface area contributed by atoms with Crippen molar-refractivity contribution in [3.8, 4) is 0 Å². The molecule has 3 nitrogen and oxygen atoms in total. The minimum Gasteiger partial charge on any atom is -0.287 e. The van der Waals surface area contributed by atoms with Crippen LogP contribution in [0.4, 0.5) is 13.2 Å². The zero-order valence-electron chi connectivity index (χ0n) is 16.2. The number of carbonyl (C=O) groups is 1. The Kier molecular flexibility index (Phi) is 4.54. The molecule has 6 heteroatoms. The summed E-state index contributed by atoms with van der Waals surface area (Å²) in [6, 6.07) is 8.81. The fraction of sp³-hybridized carbons (Fsp3) is 0.476. The van der Waals surface area contributed by atoms with Crippen molar-refractivity contribution in [2.45, 2.75) is 64.2 Å². The van der Waals surface area contributed by atoms with E-state index in [9.17, 15) is 18.0 Å². The van der Waals surface area contributed by atoms with Gasteiger partial charge in [-0.15, -0.1) is 0 Å². The third-order valence-corrected chi connectivity index (χ3v) is 5.11. The van der Waals surface area contributed by atoms with Crippen LogP contribution in [0.2, 0.25) is 0 Å². The Hall–Kier alpha value is -2.08. The van der Waals surface area contributed by atoms with Crippen LogP contribution in [0.15, 0.2) is 36.4 Å². The zero-order valence-corrected chi connectivity index (χ0v) is 16.2. The first-order valence-corrected chi connectivity index (χ1v) is 9.00. The van der Waals surface area contributed by atoms with Crippen molar-refractivity contribution in [1.82, 2.24) is 10.4 Å². The molecule has 2 aromatic carbocycles. The van der Waals surface area contributed by atoms with Gasteiger partial charge in [0.1, 0.15) is 0 Å². The van der Waals surface area contributed by atoms with E-state index in [2.05, 4.69) is 5.43 Å². The third-order valence-electron chi connectivity index (χ3n) is 5.11. The minimum atomic E-state index is -4.56. The predicted octanol–water partition coefficient (Wildman–Crippen LogP) is 5.26. The van der Waals surface area contributed by atoms with Gasteiger partial charge >= 0.3 is 6.18 Å². The van der Waals surface area contributed by atoms with Crippen LogP contribution >= 0.6 is 0 Å². The van der Waals surface area contributed by atoms with Crippen molar-refractivity contribution in [3.63, 3.8) is 0 Å². The van der Waals surface area contributed by atoms with Gasteiger partial charge < -0.3 is 0 Å². The summed E-state index contributed by atoms with van der Waals surface area (Å²) >= 11 is 0. The second-order valence-electron chi connectivity index (χ2n) is 8.84. The first kappa shape index (κ1) is 19.7. The van der Waals surface area contributed by atoms with E-state index >= 15 is 0 Å². The predicted molar refractivity (Wildman–Crippen MR) is 100 cm³/mol. The molecule has 27 heavy (non-hydrogen) atoms. The van der Waals surface area contributed by atoms with Gasteiger partial charge in [-0.1, -0.05) is 57.2 Å². The lowest BCUT2D eigenvalue weighted by molar-refractivity contribution is -0.203. The first-order chi connectivity index (χ1) is 12.3. The molecule has 1 heterocycles. The topological polar surface area (TPSA) is 32.3 Å². The summed E-state index contributed by atoms with van der Waals surface area (Å²) in [5.74, 6) is -0.396. The number of halogens is 3. The highest BCUT2D eigenvalue weighted by molar-refractivity contribution is 5.88. The molecule has 2 aromatic rings. The van der Waals surface area contributed by atoms with E-state index in [-0.39, 0.29) is 12.0 Å². The molecule has 1 aliphatic rings. The highest BCUT2D eigenvalue weighted by Gasteiger charge is 2.54. The van der Waals surface area contributed by atoms with E-state index in [4.69, 9.17) is 0 Å². The Morgan fingerprint density at radius 3 is 2.22 bits per heavy atom. The number of amides is 1. The largest absolute Gasteiger partial charge is 0.409 e. The molecule has 1 fully saturated rings. The first-order valence-electron chi connectivity index (χ1n) is 9.00. The Balaban J connectivity index is 2.36. The normalized spacial score (nSPS) is 19.3. The summed E-state index contributed by atoms with van der Waals surface area (Å²) < 4.78 is 43.3. The van der Waals surface area contributed by atoms with Crippen LogP contribution in [-0.2, 0) is 10.2 Å². The van der Waals surface area contributed by atoms with Crippen molar-refractivity contribution in [2.75, 3.05) is 0 Å². The molecular formula is C21H25F3N2O. The Labute approximate surface area is 157 Å². The smallest absolute Gasteiger partial charge is 0.287 e. The molecule has 1 aliphatic heterocycles. The highest BCUT2D eigenvalue weighted by Crippen LogP contribution is 2.47. The van der Waals surface area contributed by atoms with E-state index < -0.39 is 29.1 Å². The van der Waals surface area contributed by atoms with Gasteiger partial charge in [0.2, 0.25) is 5.91 Å². The summed E-state index contributed by atoms with van der Waals surface area (Å²) in [6.07, 6.45) is -4.53. The molecule has 0 aliphatic carbocycles. The molecule has 146 valence electrons. The Morgan fingerprint density at radius 2 is 1.70 bits per heavy atom. The summed E-state index contributed by atoms with van der Waals surface area (Å²) in [7, 11) is 0. The van der Waals surface area contributed by atoms with Crippen LogP contribution in [0.3, 0.4) is 0 Å². The minimum absolute atomic E-state index is 0.0230. The molecule has 0 aromatic heterocycles. The Morgan fingerprint density at radius 1 is 1.07 bits per heavy atom. The van der Waals surface area contributed by atoms with Crippen LogP contribution in [0, 0.1) is 0 Å². The second-order valence-corrected chi connectivity index (χ2v) is 8.84. The zero-order chi connectivity index (χ0) is 20.2. The van der Waals surface area contributed by atoms with Crippen LogP contribution in [-0.4, -0.2) is 22.6 Å². The van der Waals surface area contributed by atoms with Gasteiger partial charge in [-0.2, -0.15) is 18.2 Å². The lowest BCUT2D eigenvalue weighted by Crippen LogP contribution is -2.52. The molecule has 1 unspecified atom stereocenters. The summed E-state index contributed by atoms with van der Waals surface area (Å²) in [5.41, 5.74) is 1.86. The SMILES string of the molecule is CC(C)(C)c1ccc2ccccc2c1C(N1NC(=O)CC1(C)C)C(F)(F)F. The maximum absolute atomic E-state index is 14.4. The van der Waals surface area contributed by atoms with Crippen LogP contribution in [0.1, 0.15) is 58.2 Å². The van der Waals surface area contributed by atoms with Gasteiger partial charge in [0.15, 0.2) is 6.04 Å². The quantitative estimate of drug-likeness (QED) is 0.773. The van der Waals surface area contributed by atoms with Crippen molar-refractivity contribution in [1.29, 1.82) is 0 Å². The highest BCUT2D eigenvalue weighted by atomic mass is 19.4. The average molecular weight is 378 g/mol. The summed E-state index contributed by atoms with van der Waals surface area (Å²) in [5, 5.41) is 2.40. The number of nitrogens with zero attached hydrogens (tertiary/aromatic N) is 1. The van der Waals surface area contributed by atoms with Gasteiger partial charge in [0, 0.05) is 12.0 Å². The number of hydrazine groups is 1. The van der Waals surface area contributed by atoms with Crippen molar-refractivity contribution < 1.29 is 18.0 Å². The molecule has 3 rings (SSSR count). The fourth-order valence-corrected chi connectivity index (χ4v) is 3.90. The van der Waals surface area contributed by atoms with Crippen LogP contribution in [0.25, 0.3) is 10.8 Å². The average Bonchev–Trinajstić information content (AvgIpc) is 2.77. The monoisotopic (exact) mass is 378 g/mol. The molecule has 1 amide bonds. The van der Waals surface area contributed by atoms with E-state index in [1.54, 1.807) is 32.0 Å².